The van der Waals surface area contributed by atoms with E-state index in [1.54, 1.807) is 17.8 Å². The molecule has 0 aliphatic heterocycles. The average Bonchev–Trinajstić information content (AvgIpc) is 2.62. The minimum absolute atomic E-state index is 0.0558. The smallest absolute Gasteiger partial charge is 0.331 e. The van der Waals surface area contributed by atoms with Gasteiger partial charge < -0.3 is 15.8 Å². The van der Waals surface area contributed by atoms with E-state index in [0.29, 0.717) is 18.8 Å². The van der Waals surface area contributed by atoms with Crippen molar-refractivity contribution in [2.24, 2.45) is 11.7 Å². The molecule has 0 saturated carbocycles. The van der Waals surface area contributed by atoms with E-state index in [1.807, 2.05) is 12.3 Å². The van der Waals surface area contributed by atoms with E-state index in [9.17, 15) is 9.59 Å². The SMILES string of the molecule is CCCC[C@](CCSC)(NC(=O)C/C=C/[C@@H](N)[C@@H](C)CC)C(=O)OC. The minimum atomic E-state index is -0.933. The second-order valence-corrected chi connectivity index (χ2v) is 7.55. The van der Waals surface area contributed by atoms with E-state index in [1.165, 1.54) is 7.11 Å². The fourth-order valence-corrected chi connectivity index (χ4v) is 3.12. The van der Waals surface area contributed by atoms with Gasteiger partial charge in [0.25, 0.3) is 0 Å². The van der Waals surface area contributed by atoms with Gasteiger partial charge in [-0.25, -0.2) is 4.79 Å². The molecule has 0 aliphatic carbocycles. The summed E-state index contributed by atoms with van der Waals surface area (Å²) in [6, 6.07) is -0.0558. The molecule has 0 unspecified atom stereocenters. The molecule has 0 aliphatic rings. The van der Waals surface area contributed by atoms with Gasteiger partial charge in [0.2, 0.25) is 5.91 Å². The molecule has 0 spiro atoms. The van der Waals surface area contributed by atoms with Crippen molar-refractivity contribution in [2.45, 2.75) is 70.9 Å². The molecule has 0 heterocycles. The minimum Gasteiger partial charge on any atom is -0.467 e. The number of rotatable bonds is 13. The van der Waals surface area contributed by atoms with Crippen molar-refractivity contribution in [3.63, 3.8) is 0 Å². The number of carbonyl (C=O) groups is 2. The van der Waals surface area contributed by atoms with Gasteiger partial charge in [-0.2, -0.15) is 11.8 Å². The Kier molecular flexibility index (Phi) is 12.7. The fourth-order valence-electron chi connectivity index (χ4n) is 2.57. The molecule has 0 aromatic carbocycles. The van der Waals surface area contributed by atoms with Crippen LogP contribution in [0.25, 0.3) is 0 Å². The summed E-state index contributed by atoms with van der Waals surface area (Å²) < 4.78 is 5.00. The van der Waals surface area contributed by atoms with Crippen LogP contribution in [0.3, 0.4) is 0 Å². The summed E-state index contributed by atoms with van der Waals surface area (Å²) in [7, 11) is 1.37. The Balaban J connectivity index is 4.99. The van der Waals surface area contributed by atoms with E-state index in [2.05, 4.69) is 26.1 Å². The maximum Gasteiger partial charge on any atom is 0.331 e. The van der Waals surface area contributed by atoms with Crippen LogP contribution in [0.5, 0.6) is 0 Å². The van der Waals surface area contributed by atoms with Crippen molar-refractivity contribution in [1.29, 1.82) is 0 Å². The third kappa shape index (κ3) is 8.77. The zero-order valence-corrected chi connectivity index (χ0v) is 17.3. The van der Waals surface area contributed by atoms with Gasteiger partial charge in [0.05, 0.1) is 7.11 Å². The first-order valence-corrected chi connectivity index (χ1v) is 10.6. The molecule has 5 nitrogen and oxygen atoms in total. The van der Waals surface area contributed by atoms with Gasteiger partial charge in [0.1, 0.15) is 5.54 Å². The first kappa shape index (κ1) is 24.0. The van der Waals surface area contributed by atoms with E-state index in [0.717, 1.165) is 25.0 Å². The average molecular weight is 373 g/mol. The first-order chi connectivity index (χ1) is 11.9. The predicted octanol–water partition coefficient (Wildman–Crippen LogP) is 3.28. The lowest BCUT2D eigenvalue weighted by Crippen LogP contribution is -2.55. The summed E-state index contributed by atoms with van der Waals surface area (Å²) in [4.78, 5) is 24.8. The van der Waals surface area contributed by atoms with Gasteiger partial charge in [-0.15, -0.1) is 0 Å². The summed E-state index contributed by atoms with van der Waals surface area (Å²) in [6.07, 6.45) is 9.85. The predicted molar refractivity (Wildman–Crippen MR) is 107 cm³/mol. The van der Waals surface area contributed by atoms with Crippen molar-refractivity contribution in [1.82, 2.24) is 5.32 Å². The topological polar surface area (TPSA) is 81.4 Å². The van der Waals surface area contributed by atoms with Crippen LogP contribution < -0.4 is 11.1 Å². The maximum absolute atomic E-state index is 12.4. The Bertz CT molecular complexity index is 419. The zero-order valence-electron chi connectivity index (χ0n) is 16.5. The van der Waals surface area contributed by atoms with Gasteiger partial charge in [0, 0.05) is 12.5 Å². The van der Waals surface area contributed by atoms with Crippen LogP contribution in [-0.2, 0) is 14.3 Å². The number of thioether (sulfide) groups is 1. The molecule has 3 N–H and O–H groups in total. The fraction of sp³-hybridized carbons (Fsp3) is 0.789. The molecule has 0 fully saturated rings. The van der Waals surface area contributed by atoms with Crippen LogP contribution in [0.15, 0.2) is 12.2 Å². The zero-order chi connectivity index (χ0) is 19.3. The highest BCUT2D eigenvalue weighted by Gasteiger charge is 2.39. The number of hydrogen-bond donors (Lipinski definition) is 2. The number of nitrogens with two attached hydrogens (primary N) is 1. The number of unbranched alkanes of at least 4 members (excludes halogenated alkanes) is 1. The number of carbonyl (C=O) groups excluding carboxylic acids is 2. The van der Waals surface area contributed by atoms with E-state index < -0.39 is 5.54 Å². The molecular formula is C19H36N2O3S. The summed E-state index contributed by atoms with van der Waals surface area (Å²) >= 11 is 1.65. The highest BCUT2D eigenvalue weighted by Crippen LogP contribution is 2.23. The second-order valence-electron chi connectivity index (χ2n) is 6.56. The highest BCUT2D eigenvalue weighted by molar-refractivity contribution is 7.98. The maximum atomic E-state index is 12.4. The van der Waals surface area contributed by atoms with Crippen LogP contribution >= 0.6 is 11.8 Å². The van der Waals surface area contributed by atoms with Crippen molar-refractivity contribution in [2.75, 3.05) is 19.1 Å². The van der Waals surface area contributed by atoms with Gasteiger partial charge >= 0.3 is 5.97 Å². The van der Waals surface area contributed by atoms with E-state index >= 15 is 0 Å². The van der Waals surface area contributed by atoms with Gasteiger partial charge in [0.15, 0.2) is 0 Å². The van der Waals surface area contributed by atoms with Crippen LogP contribution in [-0.4, -0.2) is 42.6 Å². The standard InChI is InChI=1S/C19H36N2O3S/c1-6-8-12-19(13-14-25-5,18(23)24-4)21-17(22)11-9-10-16(20)15(3)7-2/h9-10,15-16H,6-8,11-14,20H2,1-5H3,(H,21,22)/b10-9+/t15-,16+,19+/m0/s1. The molecule has 25 heavy (non-hydrogen) atoms. The molecule has 0 aromatic rings. The van der Waals surface area contributed by atoms with E-state index in [4.69, 9.17) is 10.5 Å². The number of esters is 1. The van der Waals surface area contributed by atoms with Crippen LogP contribution in [0.2, 0.25) is 0 Å². The van der Waals surface area contributed by atoms with E-state index in [-0.39, 0.29) is 24.3 Å². The quantitative estimate of drug-likeness (QED) is 0.383. The van der Waals surface area contributed by atoms with Gasteiger partial charge in [-0.05, 0) is 30.8 Å². The summed E-state index contributed by atoms with van der Waals surface area (Å²) in [6.45, 7) is 6.25. The largest absolute Gasteiger partial charge is 0.467 e. The second kappa shape index (κ2) is 13.2. The molecule has 0 rings (SSSR count). The lowest BCUT2D eigenvalue weighted by molar-refractivity contribution is -0.151. The molecular weight excluding hydrogens is 336 g/mol. The molecule has 0 bridgehead atoms. The Hall–Kier alpha value is -1.01. The monoisotopic (exact) mass is 372 g/mol. The summed E-state index contributed by atoms with van der Waals surface area (Å²) in [5.74, 6) is 0.631. The molecule has 0 saturated heterocycles. The first-order valence-electron chi connectivity index (χ1n) is 9.17. The van der Waals surface area contributed by atoms with Crippen LogP contribution in [0, 0.1) is 5.92 Å². The third-order valence-electron chi connectivity index (χ3n) is 4.61. The van der Waals surface area contributed by atoms with Gasteiger partial charge in [-0.3, -0.25) is 4.79 Å². The Morgan fingerprint density at radius 1 is 1.32 bits per heavy atom. The molecule has 3 atom stereocenters. The van der Waals surface area contributed by atoms with Crippen molar-refractivity contribution >= 4 is 23.6 Å². The molecule has 0 aromatic heterocycles. The van der Waals surface area contributed by atoms with Crippen molar-refractivity contribution < 1.29 is 14.3 Å². The Morgan fingerprint density at radius 3 is 2.52 bits per heavy atom. The normalized spacial score (nSPS) is 16.2. The lowest BCUT2D eigenvalue weighted by Gasteiger charge is -2.32. The number of ether oxygens (including phenoxy) is 1. The van der Waals surface area contributed by atoms with Crippen LogP contribution in [0.4, 0.5) is 0 Å². The molecule has 1 amide bonds. The Morgan fingerprint density at radius 2 is 2.00 bits per heavy atom. The molecule has 6 heteroatoms. The van der Waals surface area contributed by atoms with Crippen LogP contribution in [0.1, 0.15) is 59.3 Å². The number of methoxy groups -OCH3 is 1. The van der Waals surface area contributed by atoms with Gasteiger partial charge in [-0.1, -0.05) is 52.2 Å². The number of nitrogens with one attached hydrogen (secondary N) is 1. The molecule has 146 valence electrons. The Labute approximate surface area is 157 Å². The number of amides is 1. The van der Waals surface area contributed by atoms with Crippen molar-refractivity contribution in [3.05, 3.63) is 12.2 Å². The summed E-state index contributed by atoms with van der Waals surface area (Å²) in [5, 5.41) is 2.95. The summed E-state index contributed by atoms with van der Waals surface area (Å²) in [5.41, 5.74) is 5.11. The molecule has 0 radical (unpaired) electrons. The van der Waals surface area contributed by atoms with Crippen molar-refractivity contribution in [3.8, 4) is 0 Å². The third-order valence-corrected chi connectivity index (χ3v) is 5.22. The number of hydrogen-bond acceptors (Lipinski definition) is 5. The lowest BCUT2D eigenvalue weighted by atomic mass is 9.89. The highest BCUT2D eigenvalue weighted by atomic mass is 32.2.